The molecule has 0 radical (unpaired) electrons. The quantitative estimate of drug-likeness (QED) is 0.886. The highest BCUT2D eigenvalue weighted by Gasteiger charge is 2.32. The van der Waals surface area contributed by atoms with E-state index < -0.39 is 23.4 Å². The number of rotatable bonds is 3. The molecule has 0 spiro atoms. The van der Waals surface area contributed by atoms with Crippen molar-refractivity contribution in [1.29, 1.82) is 0 Å². The Kier molecular flexibility index (Phi) is 4.30. The molecule has 0 aliphatic carbocycles. The summed E-state index contributed by atoms with van der Waals surface area (Å²) in [5.41, 5.74) is -2.46. The second-order valence-corrected chi connectivity index (χ2v) is 4.24. The highest BCUT2D eigenvalue weighted by Crippen LogP contribution is 2.27. The number of aromatic amines is 1. The summed E-state index contributed by atoms with van der Waals surface area (Å²) in [6.45, 7) is 0. The van der Waals surface area contributed by atoms with Crippen molar-refractivity contribution < 1.29 is 22.3 Å². The Hall–Kier alpha value is -2.64. The molecule has 0 aliphatic rings. The van der Waals surface area contributed by atoms with Crippen molar-refractivity contribution in [2.75, 3.05) is 7.11 Å². The third kappa shape index (κ3) is 3.72. The number of nitrogens with one attached hydrogen (secondary N) is 1. The van der Waals surface area contributed by atoms with Gasteiger partial charge < -0.3 is 9.72 Å². The van der Waals surface area contributed by atoms with Crippen LogP contribution in [0.15, 0.2) is 29.1 Å². The molecular formula is C14H10F4N2O2. The van der Waals surface area contributed by atoms with E-state index in [0.29, 0.717) is 11.8 Å². The van der Waals surface area contributed by atoms with Gasteiger partial charge in [-0.1, -0.05) is 0 Å². The van der Waals surface area contributed by atoms with E-state index in [1.54, 1.807) is 4.98 Å². The highest BCUT2D eigenvalue weighted by atomic mass is 19.4. The molecule has 0 saturated heterocycles. The maximum absolute atomic E-state index is 13.7. The van der Waals surface area contributed by atoms with E-state index >= 15 is 0 Å². The van der Waals surface area contributed by atoms with Gasteiger partial charge in [0.25, 0.3) is 0 Å². The van der Waals surface area contributed by atoms with Crippen LogP contribution < -0.4 is 10.4 Å². The first-order valence-electron chi connectivity index (χ1n) is 6.00. The Morgan fingerprint density at radius 1 is 1.23 bits per heavy atom. The fourth-order valence-corrected chi connectivity index (χ4v) is 1.66. The van der Waals surface area contributed by atoms with Crippen molar-refractivity contribution in [2.45, 2.75) is 6.18 Å². The molecule has 1 heterocycles. The molecule has 4 nitrogen and oxygen atoms in total. The van der Waals surface area contributed by atoms with Crippen molar-refractivity contribution >= 4 is 12.2 Å². The van der Waals surface area contributed by atoms with Crippen LogP contribution in [0.5, 0.6) is 5.75 Å². The zero-order valence-corrected chi connectivity index (χ0v) is 11.2. The Bertz CT molecular complexity index is 766. The summed E-state index contributed by atoms with van der Waals surface area (Å²) in [7, 11) is 1.38. The van der Waals surface area contributed by atoms with Gasteiger partial charge in [0, 0.05) is 11.6 Å². The fourth-order valence-electron chi connectivity index (χ4n) is 1.66. The van der Waals surface area contributed by atoms with Gasteiger partial charge in [-0.25, -0.2) is 9.18 Å². The highest BCUT2D eigenvalue weighted by molar-refractivity contribution is 5.68. The molecule has 0 atom stereocenters. The number of hydrogen-bond donors (Lipinski definition) is 1. The summed E-state index contributed by atoms with van der Waals surface area (Å²) in [6.07, 6.45) is -2.36. The first-order valence-corrected chi connectivity index (χ1v) is 6.00. The van der Waals surface area contributed by atoms with Crippen LogP contribution in [-0.4, -0.2) is 17.1 Å². The summed E-state index contributed by atoms with van der Waals surface area (Å²) >= 11 is 0. The molecular weight excluding hydrogens is 304 g/mol. The zero-order valence-electron chi connectivity index (χ0n) is 11.2. The molecule has 8 heteroatoms. The number of alkyl halides is 3. The standard InChI is InChI=1S/C14H10F4N2O2/c1-22-10-5-3-8(11(15)7-10)2-4-9-6-12(14(16,17)18)20-13(21)19-9/h2-7H,1H3,(H,19,20,21)/b4-2+. The van der Waals surface area contributed by atoms with Crippen LogP contribution in [0.3, 0.4) is 0 Å². The first-order chi connectivity index (χ1) is 10.3. The largest absolute Gasteiger partial charge is 0.497 e. The van der Waals surface area contributed by atoms with E-state index in [0.717, 1.165) is 12.1 Å². The van der Waals surface area contributed by atoms with Gasteiger partial charge in [0.1, 0.15) is 17.3 Å². The van der Waals surface area contributed by atoms with Gasteiger partial charge in [-0.3, -0.25) is 0 Å². The lowest BCUT2D eigenvalue weighted by Crippen LogP contribution is -2.19. The second kappa shape index (κ2) is 6.00. The number of ether oxygens (including phenoxy) is 1. The maximum atomic E-state index is 13.7. The molecule has 2 rings (SSSR count). The minimum absolute atomic E-state index is 0.122. The first kappa shape index (κ1) is 15.7. The van der Waals surface area contributed by atoms with E-state index in [1.165, 1.54) is 25.3 Å². The predicted molar refractivity (Wildman–Crippen MR) is 71.7 cm³/mol. The van der Waals surface area contributed by atoms with Crippen molar-refractivity contribution in [3.63, 3.8) is 0 Å². The van der Waals surface area contributed by atoms with Crippen LogP contribution >= 0.6 is 0 Å². The minimum Gasteiger partial charge on any atom is -0.497 e. The molecule has 0 saturated carbocycles. The Labute approximate surface area is 122 Å². The molecule has 0 amide bonds. The Morgan fingerprint density at radius 2 is 1.95 bits per heavy atom. The SMILES string of the molecule is COc1ccc(/C=C/c2cc(C(F)(F)F)[nH]c(=O)n2)c(F)c1. The molecule has 0 aliphatic heterocycles. The van der Waals surface area contributed by atoms with E-state index in [2.05, 4.69) is 4.98 Å². The van der Waals surface area contributed by atoms with Crippen molar-refractivity contribution in [3.05, 3.63) is 57.5 Å². The average Bonchev–Trinajstić information content (AvgIpc) is 2.44. The molecule has 1 aromatic heterocycles. The third-order valence-corrected chi connectivity index (χ3v) is 2.71. The molecule has 1 N–H and O–H groups in total. The van der Waals surface area contributed by atoms with Crippen LogP contribution in [0.2, 0.25) is 0 Å². The van der Waals surface area contributed by atoms with E-state index in [4.69, 9.17) is 4.74 Å². The fraction of sp³-hybridized carbons (Fsp3) is 0.143. The van der Waals surface area contributed by atoms with E-state index in [1.807, 2.05) is 0 Å². The van der Waals surface area contributed by atoms with Crippen LogP contribution in [0, 0.1) is 5.82 Å². The van der Waals surface area contributed by atoms with Gasteiger partial charge in [0.15, 0.2) is 0 Å². The maximum Gasteiger partial charge on any atom is 0.431 e. The number of halogens is 4. The van der Waals surface area contributed by atoms with Gasteiger partial charge in [-0.05, 0) is 30.4 Å². The van der Waals surface area contributed by atoms with Crippen LogP contribution in [0.1, 0.15) is 17.0 Å². The van der Waals surface area contributed by atoms with E-state index in [-0.39, 0.29) is 11.3 Å². The monoisotopic (exact) mass is 314 g/mol. The average molecular weight is 314 g/mol. The molecule has 0 fully saturated rings. The van der Waals surface area contributed by atoms with Crippen LogP contribution in [0.25, 0.3) is 12.2 Å². The number of H-pyrrole nitrogens is 1. The van der Waals surface area contributed by atoms with Crippen molar-refractivity contribution in [3.8, 4) is 5.75 Å². The van der Waals surface area contributed by atoms with Gasteiger partial charge in [0.2, 0.25) is 0 Å². The summed E-state index contributed by atoms with van der Waals surface area (Å²) in [5, 5.41) is 0. The van der Waals surface area contributed by atoms with Gasteiger partial charge >= 0.3 is 11.9 Å². The number of methoxy groups -OCH3 is 1. The lowest BCUT2D eigenvalue weighted by molar-refractivity contribution is -0.141. The summed E-state index contributed by atoms with van der Waals surface area (Å²) in [5.74, 6) is -0.306. The summed E-state index contributed by atoms with van der Waals surface area (Å²) in [6, 6.07) is 4.68. The number of benzene rings is 1. The van der Waals surface area contributed by atoms with E-state index in [9.17, 15) is 22.4 Å². The number of nitrogens with zero attached hydrogens (tertiary/aromatic N) is 1. The molecule has 22 heavy (non-hydrogen) atoms. The van der Waals surface area contributed by atoms with Gasteiger partial charge in [0.05, 0.1) is 12.8 Å². The van der Waals surface area contributed by atoms with Gasteiger partial charge in [-0.15, -0.1) is 0 Å². The van der Waals surface area contributed by atoms with Crippen LogP contribution in [-0.2, 0) is 6.18 Å². The predicted octanol–water partition coefficient (Wildman–Crippen LogP) is 3.11. The third-order valence-electron chi connectivity index (χ3n) is 2.71. The lowest BCUT2D eigenvalue weighted by atomic mass is 10.1. The molecule has 0 unspecified atom stereocenters. The van der Waals surface area contributed by atoms with Crippen molar-refractivity contribution in [2.24, 2.45) is 0 Å². The Morgan fingerprint density at radius 3 is 2.55 bits per heavy atom. The molecule has 2 aromatic rings. The Balaban J connectivity index is 2.34. The van der Waals surface area contributed by atoms with Gasteiger partial charge in [-0.2, -0.15) is 18.2 Å². The lowest BCUT2D eigenvalue weighted by Gasteiger charge is -2.06. The number of hydrogen-bond acceptors (Lipinski definition) is 3. The topological polar surface area (TPSA) is 55.0 Å². The van der Waals surface area contributed by atoms with Crippen molar-refractivity contribution in [1.82, 2.24) is 9.97 Å². The zero-order chi connectivity index (χ0) is 16.3. The molecule has 116 valence electrons. The molecule has 1 aromatic carbocycles. The summed E-state index contributed by atoms with van der Waals surface area (Å²) in [4.78, 5) is 16.1. The normalized spacial score (nSPS) is 11.9. The summed E-state index contributed by atoms with van der Waals surface area (Å²) < 4.78 is 56.2. The smallest absolute Gasteiger partial charge is 0.431 e. The minimum atomic E-state index is -4.70. The number of aromatic nitrogens is 2. The van der Waals surface area contributed by atoms with Crippen LogP contribution in [0.4, 0.5) is 17.6 Å². The molecule has 0 bridgehead atoms. The second-order valence-electron chi connectivity index (χ2n) is 4.24.